The van der Waals surface area contributed by atoms with Crippen molar-refractivity contribution in [1.82, 2.24) is 4.37 Å². The summed E-state index contributed by atoms with van der Waals surface area (Å²) in [5.74, 6) is 2.47. The van der Waals surface area contributed by atoms with Gasteiger partial charge in [-0.05, 0) is 36.2 Å². The summed E-state index contributed by atoms with van der Waals surface area (Å²) in [5, 5.41) is 4.50. The van der Waals surface area contributed by atoms with Gasteiger partial charge in [0, 0.05) is 12.6 Å². The van der Waals surface area contributed by atoms with Crippen molar-refractivity contribution in [2.24, 2.45) is 11.8 Å². The summed E-state index contributed by atoms with van der Waals surface area (Å²) in [6, 6.07) is 1.91. The van der Waals surface area contributed by atoms with Crippen LogP contribution in [0.5, 0.6) is 0 Å². The highest BCUT2D eigenvalue weighted by Gasteiger charge is 2.18. The Balaban J connectivity index is 1.67. The lowest BCUT2D eigenvalue weighted by Crippen LogP contribution is -2.16. The van der Waals surface area contributed by atoms with Crippen LogP contribution < -0.4 is 11.1 Å². The lowest BCUT2D eigenvalue weighted by molar-refractivity contribution is 0.274. The summed E-state index contributed by atoms with van der Waals surface area (Å²) in [6.45, 7) is 3.43. The van der Waals surface area contributed by atoms with Crippen molar-refractivity contribution >= 4 is 22.4 Å². The van der Waals surface area contributed by atoms with E-state index in [0.717, 1.165) is 23.4 Å². The Morgan fingerprint density at radius 2 is 2.44 bits per heavy atom. The number of hydrogen-bond donors (Lipinski definition) is 2. The van der Waals surface area contributed by atoms with Crippen LogP contribution >= 0.6 is 11.5 Å². The number of rotatable bonds is 4. The normalized spacial score (nSPS) is 25.6. The van der Waals surface area contributed by atoms with Gasteiger partial charge >= 0.3 is 0 Å². The van der Waals surface area contributed by atoms with Gasteiger partial charge in [-0.25, -0.2) is 0 Å². The van der Waals surface area contributed by atoms with Crippen LogP contribution in [0, 0.1) is 11.8 Å². The zero-order valence-electron chi connectivity index (χ0n) is 9.91. The Hall–Kier alpha value is -0.770. The van der Waals surface area contributed by atoms with E-state index in [2.05, 4.69) is 16.6 Å². The van der Waals surface area contributed by atoms with Crippen LogP contribution in [0.3, 0.4) is 0 Å². The van der Waals surface area contributed by atoms with Gasteiger partial charge in [-0.3, -0.25) is 0 Å². The van der Waals surface area contributed by atoms with Crippen LogP contribution in [0.1, 0.15) is 39.0 Å². The molecule has 0 bridgehead atoms. The Morgan fingerprint density at radius 1 is 1.56 bits per heavy atom. The maximum Gasteiger partial charge on any atom is 0.139 e. The molecule has 0 saturated heterocycles. The molecule has 1 heterocycles. The molecule has 2 rings (SSSR count). The molecular formula is C12H21N3S. The van der Waals surface area contributed by atoms with E-state index >= 15 is 0 Å². The summed E-state index contributed by atoms with van der Waals surface area (Å²) < 4.78 is 4.05. The summed E-state index contributed by atoms with van der Waals surface area (Å²) in [4.78, 5) is 0. The van der Waals surface area contributed by atoms with Gasteiger partial charge in [0.25, 0.3) is 0 Å². The Bertz CT molecular complexity index is 324. The fourth-order valence-electron chi connectivity index (χ4n) is 2.59. The predicted octanol–water partition coefficient (Wildman–Crippen LogP) is 3.35. The van der Waals surface area contributed by atoms with E-state index in [-0.39, 0.29) is 0 Å². The average molecular weight is 239 g/mol. The molecule has 1 aliphatic rings. The standard InChI is InChI=1S/C12H21N3S/c1-9-3-2-4-10(7-9)5-6-14-12-8-11(13)15-16-12/h8-10,14H,2-7H2,1H3,(H2,13,15). The fraction of sp³-hybridized carbons (Fsp3) is 0.750. The highest BCUT2D eigenvalue weighted by molar-refractivity contribution is 7.10. The molecule has 1 aromatic heterocycles. The first-order chi connectivity index (χ1) is 7.74. The first-order valence-electron chi connectivity index (χ1n) is 6.20. The molecule has 1 aliphatic carbocycles. The summed E-state index contributed by atoms with van der Waals surface area (Å²) in [5.41, 5.74) is 5.57. The molecule has 0 aromatic carbocycles. The van der Waals surface area contributed by atoms with E-state index in [9.17, 15) is 0 Å². The van der Waals surface area contributed by atoms with Crippen LogP contribution in [0.4, 0.5) is 10.8 Å². The maximum absolute atomic E-state index is 5.57. The monoisotopic (exact) mass is 239 g/mol. The second-order valence-corrected chi connectivity index (χ2v) is 5.77. The fourth-order valence-corrected chi connectivity index (χ4v) is 3.19. The van der Waals surface area contributed by atoms with Crippen LogP contribution in [-0.2, 0) is 0 Å². The van der Waals surface area contributed by atoms with Crippen molar-refractivity contribution in [3.63, 3.8) is 0 Å². The number of nitrogens with one attached hydrogen (secondary N) is 1. The minimum Gasteiger partial charge on any atom is -0.383 e. The van der Waals surface area contributed by atoms with Crippen LogP contribution in [-0.4, -0.2) is 10.9 Å². The lowest BCUT2D eigenvalue weighted by Gasteiger charge is -2.26. The minimum atomic E-state index is 0.624. The Morgan fingerprint density at radius 3 is 3.12 bits per heavy atom. The molecule has 3 N–H and O–H groups in total. The van der Waals surface area contributed by atoms with E-state index in [1.807, 2.05) is 6.07 Å². The molecule has 1 saturated carbocycles. The second kappa shape index (κ2) is 5.53. The zero-order chi connectivity index (χ0) is 11.4. The van der Waals surface area contributed by atoms with Crippen molar-refractivity contribution in [3.8, 4) is 0 Å². The van der Waals surface area contributed by atoms with Gasteiger partial charge in [0.05, 0.1) is 0 Å². The average Bonchev–Trinajstić information content (AvgIpc) is 2.64. The molecule has 2 atom stereocenters. The number of anilines is 2. The SMILES string of the molecule is CC1CCCC(CCNc2cc(N)ns2)C1. The summed E-state index contributed by atoms with van der Waals surface area (Å²) in [6.07, 6.45) is 6.94. The highest BCUT2D eigenvalue weighted by atomic mass is 32.1. The Kier molecular flexibility index (Phi) is 4.04. The zero-order valence-corrected chi connectivity index (χ0v) is 10.7. The van der Waals surface area contributed by atoms with Gasteiger partial charge in [-0.1, -0.05) is 26.2 Å². The van der Waals surface area contributed by atoms with Crippen LogP contribution in [0.25, 0.3) is 0 Å². The topological polar surface area (TPSA) is 50.9 Å². The number of aromatic nitrogens is 1. The third-order valence-corrected chi connectivity index (χ3v) is 4.19. The smallest absolute Gasteiger partial charge is 0.139 e. The molecule has 0 radical (unpaired) electrons. The van der Waals surface area contributed by atoms with Crippen molar-refractivity contribution < 1.29 is 0 Å². The lowest BCUT2D eigenvalue weighted by atomic mass is 9.81. The first-order valence-corrected chi connectivity index (χ1v) is 6.97. The number of nitrogens with two attached hydrogens (primary N) is 1. The third-order valence-electron chi connectivity index (χ3n) is 3.43. The number of hydrogen-bond acceptors (Lipinski definition) is 4. The number of nitrogens with zero attached hydrogens (tertiary/aromatic N) is 1. The van der Waals surface area contributed by atoms with E-state index in [1.54, 1.807) is 0 Å². The Labute approximate surface area is 102 Å². The van der Waals surface area contributed by atoms with Crippen molar-refractivity contribution in [1.29, 1.82) is 0 Å². The molecule has 16 heavy (non-hydrogen) atoms. The summed E-state index contributed by atoms with van der Waals surface area (Å²) in [7, 11) is 0. The molecule has 2 unspecified atom stereocenters. The summed E-state index contributed by atoms with van der Waals surface area (Å²) >= 11 is 1.45. The van der Waals surface area contributed by atoms with Crippen molar-refractivity contribution in [2.45, 2.75) is 39.0 Å². The maximum atomic E-state index is 5.57. The van der Waals surface area contributed by atoms with Gasteiger partial charge in [0.1, 0.15) is 10.8 Å². The predicted molar refractivity (Wildman–Crippen MR) is 70.8 cm³/mol. The van der Waals surface area contributed by atoms with Crippen LogP contribution in [0.15, 0.2) is 6.07 Å². The van der Waals surface area contributed by atoms with Gasteiger partial charge in [-0.2, -0.15) is 4.37 Å². The van der Waals surface area contributed by atoms with Crippen LogP contribution in [0.2, 0.25) is 0 Å². The van der Waals surface area contributed by atoms with Crippen molar-refractivity contribution in [3.05, 3.63) is 6.07 Å². The first kappa shape index (κ1) is 11.7. The minimum absolute atomic E-state index is 0.624. The van der Waals surface area contributed by atoms with E-state index < -0.39 is 0 Å². The van der Waals surface area contributed by atoms with Gasteiger partial charge in [-0.15, -0.1) is 0 Å². The molecule has 0 spiro atoms. The molecule has 1 fully saturated rings. The quantitative estimate of drug-likeness (QED) is 0.847. The van der Waals surface area contributed by atoms with Crippen molar-refractivity contribution in [2.75, 3.05) is 17.6 Å². The molecular weight excluding hydrogens is 218 g/mol. The molecule has 4 heteroatoms. The molecule has 90 valence electrons. The number of nitrogen functional groups attached to an aromatic ring is 1. The molecule has 1 aromatic rings. The molecule has 3 nitrogen and oxygen atoms in total. The van der Waals surface area contributed by atoms with E-state index in [1.165, 1.54) is 43.6 Å². The highest BCUT2D eigenvalue weighted by Crippen LogP contribution is 2.30. The van der Waals surface area contributed by atoms with Gasteiger partial charge in [0.2, 0.25) is 0 Å². The van der Waals surface area contributed by atoms with Gasteiger partial charge < -0.3 is 11.1 Å². The van der Waals surface area contributed by atoms with Gasteiger partial charge in [0.15, 0.2) is 0 Å². The second-order valence-electron chi connectivity index (χ2n) is 4.97. The largest absolute Gasteiger partial charge is 0.383 e. The van der Waals surface area contributed by atoms with E-state index in [4.69, 9.17) is 5.73 Å². The van der Waals surface area contributed by atoms with E-state index in [0.29, 0.717) is 5.82 Å². The third kappa shape index (κ3) is 3.37. The molecule has 0 aliphatic heterocycles. The molecule has 0 amide bonds.